The number of benzene rings is 1. The highest BCUT2D eigenvalue weighted by Crippen LogP contribution is 2.17. The molecule has 0 amide bonds. The van der Waals surface area contributed by atoms with Crippen LogP contribution in [0.1, 0.15) is 42.5 Å². The number of hydrogen-bond acceptors (Lipinski definition) is 4. The molecule has 0 saturated heterocycles. The highest BCUT2D eigenvalue weighted by molar-refractivity contribution is 7.10. The first kappa shape index (κ1) is 17.2. The van der Waals surface area contributed by atoms with E-state index < -0.39 is 5.97 Å². The number of rotatable bonds is 9. The Balaban J connectivity index is 1.90. The minimum absolute atomic E-state index is 0.191. The number of carboxylic acids is 1. The van der Waals surface area contributed by atoms with Crippen LogP contribution in [0.3, 0.4) is 0 Å². The minimum atomic E-state index is -0.755. The van der Waals surface area contributed by atoms with Gasteiger partial charge in [0.2, 0.25) is 0 Å². The summed E-state index contributed by atoms with van der Waals surface area (Å²) in [6.07, 6.45) is 7.04. The first-order valence-corrected chi connectivity index (χ1v) is 8.73. The summed E-state index contributed by atoms with van der Waals surface area (Å²) < 4.78 is 0. The van der Waals surface area contributed by atoms with E-state index in [1.807, 2.05) is 24.3 Å². The lowest BCUT2D eigenvalue weighted by Gasteiger charge is -2.06. The molecular weight excluding hydrogens is 308 g/mol. The highest BCUT2D eigenvalue weighted by atomic mass is 32.1. The maximum absolute atomic E-state index is 10.5. The molecule has 2 rings (SSSR count). The summed E-state index contributed by atoms with van der Waals surface area (Å²) in [5.74, 6) is -0.755. The van der Waals surface area contributed by atoms with Crippen molar-refractivity contribution in [2.45, 2.75) is 32.6 Å². The molecule has 1 aromatic carbocycles. The third kappa shape index (κ3) is 6.24. The summed E-state index contributed by atoms with van der Waals surface area (Å²) in [5, 5.41) is 15.0. The molecule has 0 spiro atoms. The molecular formula is C18H22N2O2S. The molecule has 0 radical (unpaired) electrons. The first-order valence-electron chi connectivity index (χ1n) is 7.85. The smallest absolute Gasteiger partial charge is 0.303 e. The first-order chi connectivity index (χ1) is 11.2. The maximum Gasteiger partial charge on any atom is 0.303 e. The predicted molar refractivity (Wildman–Crippen MR) is 96.8 cm³/mol. The van der Waals surface area contributed by atoms with E-state index in [0.29, 0.717) is 13.0 Å². The molecule has 23 heavy (non-hydrogen) atoms. The molecule has 122 valence electrons. The van der Waals surface area contributed by atoms with Crippen molar-refractivity contribution in [3.8, 4) is 0 Å². The lowest BCUT2D eigenvalue weighted by molar-refractivity contribution is -0.137. The van der Waals surface area contributed by atoms with Crippen LogP contribution in [-0.4, -0.2) is 22.6 Å². The van der Waals surface area contributed by atoms with Gasteiger partial charge in [-0.05, 0) is 36.6 Å². The lowest BCUT2D eigenvalue weighted by Crippen LogP contribution is -2.04. The van der Waals surface area contributed by atoms with E-state index in [9.17, 15) is 4.79 Å². The average Bonchev–Trinajstić information content (AvgIpc) is 2.98. The predicted octanol–water partition coefficient (Wildman–Crippen LogP) is 4.54. The monoisotopic (exact) mass is 330 g/mol. The van der Waals surface area contributed by atoms with Gasteiger partial charge in [0, 0.05) is 24.0 Å². The second kappa shape index (κ2) is 9.10. The second-order valence-corrected chi connectivity index (χ2v) is 6.20. The number of nitrogens with one attached hydrogen (secondary N) is 1. The molecule has 0 unspecified atom stereocenters. The molecule has 0 atom stereocenters. The van der Waals surface area contributed by atoms with Crippen molar-refractivity contribution in [2.24, 2.45) is 0 Å². The normalized spacial score (nSPS) is 11.0. The van der Waals surface area contributed by atoms with Gasteiger partial charge >= 0.3 is 5.97 Å². The topological polar surface area (TPSA) is 62.2 Å². The summed E-state index contributed by atoms with van der Waals surface area (Å²) in [4.78, 5) is 15.1. The zero-order valence-electron chi connectivity index (χ0n) is 13.3. The van der Waals surface area contributed by atoms with Crippen LogP contribution in [0.4, 0.5) is 5.69 Å². The Labute approximate surface area is 140 Å². The summed E-state index contributed by atoms with van der Waals surface area (Å²) in [6, 6.07) is 8.07. The van der Waals surface area contributed by atoms with Crippen molar-refractivity contribution >= 4 is 35.1 Å². The van der Waals surface area contributed by atoms with E-state index in [4.69, 9.17) is 5.11 Å². The fraction of sp³-hybridized carbons (Fsp3) is 0.333. The SMILES string of the molecule is CCCc1csc(/C=C/c2cccc(NCCCC(=O)O)c2)n1. The van der Waals surface area contributed by atoms with E-state index in [1.54, 1.807) is 11.3 Å². The van der Waals surface area contributed by atoms with Crippen LogP contribution in [0.25, 0.3) is 12.2 Å². The van der Waals surface area contributed by atoms with Gasteiger partial charge in [-0.15, -0.1) is 11.3 Å². The Morgan fingerprint density at radius 2 is 2.26 bits per heavy atom. The van der Waals surface area contributed by atoms with Crippen molar-refractivity contribution in [2.75, 3.05) is 11.9 Å². The third-order valence-corrected chi connectivity index (χ3v) is 4.14. The van der Waals surface area contributed by atoms with Gasteiger partial charge in [-0.25, -0.2) is 4.98 Å². The van der Waals surface area contributed by atoms with Gasteiger partial charge < -0.3 is 10.4 Å². The molecule has 5 heteroatoms. The second-order valence-electron chi connectivity index (χ2n) is 5.31. The molecule has 1 aromatic heterocycles. The van der Waals surface area contributed by atoms with Gasteiger partial charge in [-0.1, -0.05) is 31.6 Å². The van der Waals surface area contributed by atoms with Gasteiger partial charge in [0.1, 0.15) is 5.01 Å². The molecule has 0 aliphatic rings. The molecule has 2 N–H and O–H groups in total. The van der Waals surface area contributed by atoms with Crippen molar-refractivity contribution in [3.05, 3.63) is 45.9 Å². The number of carbonyl (C=O) groups is 1. The van der Waals surface area contributed by atoms with Crippen LogP contribution in [0.15, 0.2) is 29.6 Å². The van der Waals surface area contributed by atoms with Crippen molar-refractivity contribution in [1.29, 1.82) is 0 Å². The standard InChI is InChI=1S/C18H22N2O2S/c1-2-5-16-13-23-17(20-16)10-9-14-6-3-7-15(12-14)19-11-4-8-18(21)22/h3,6-7,9-10,12-13,19H,2,4-5,8,11H2,1H3,(H,21,22)/b10-9+. The number of nitrogens with zero attached hydrogens (tertiary/aromatic N) is 1. The largest absolute Gasteiger partial charge is 0.481 e. The molecule has 2 aromatic rings. The van der Waals surface area contributed by atoms with Gasteiger partial charge in [0.05, 0.1) is 5.69 Å². The Morgan fingerprint density at radius 3 is 3.04 bits per heavy atom. The summed E-state index contributed by atoms with van der Waals surface area (Å²) in [7, 11) is 0. The average molecular weight is 330 g/mol. The Bertz CT molecular complexity index is 665. The van der Waals surface area contributed by atoms with Crippen molar-refractivity contribution in [3.63, 3.8) is 0 Å². The van der Waals surface area contributed by atoms with Crippen molar-refractivity contribution < 1.29 is 9.90 Å². The van der Waals surface area contributed by atoms with E-state index in [0.717, 1.165) is 34.8 Å². The zero-order chi connectivity index (χ0) is 16.5. The van der Waals surface area contributed by atoms with Crippen LogP contribution >= 0.6 is 11.3 Å². The van der Waals surface area contributed by atoms with E-state index >= 15 is 0 Å². The van der Waals surface area contributed by atoms with Gasteiger partial charge in [-0.2, -0.15) is 0 Å². The molecule has 0 aliphatic heterocycles. The molecule has 0 bridgehead atoms. The number of thiazole rings is 1. The van der Waals surface area contributed by atoms with Crippen LogP contribution in [0, 0.1) is 0 Å². The fourth-order valence-electron chi connectivity index (χ4n) is 2.16. The number of aliphatic carboxylic acids is 1. The minimum Gasteiger partial charge on any atom is -0.481 e. The quantitative estimate of drug-likeness (QED) is 0.663. The lowest BCUT2D eigenvalue weighted by atomic mass is 10.2. The van der Waals surface area contributed by atoms with Gasteiger partial charge in [0.25, 0.3) is 0 Å². The van der Waals surface area contributed by atoms with E-state index in [2.05, 4.69) is 34.7 Å². The van der Waals surface area contributed by atoms with Crippen LogP contribution in [0.2, 0.25) is 0 Å². The molecule has 0 fully saturated rings. The number of carboxylic acid groups (broad SMARTS) is 1. The third-order valence-electron chi connectivity index (χ3n) is 3.28. The number of anilines is 1. The number of aryl methyl sites for hydroxylation is 1. The fourth-order valence-corrected chi connectivity index (χ4v) is 2.91. The Morgan fingerprint density at radius 1 is 1.39 bits per heavy atom. The Kier molecular flexibility index (Phi) is 6.81. The summed E-state index contributed by atoms with van der Waals surface area (Å²) in [6.45, 7) is 2.82. The maximum atomic E-state index is 10.5. The number of aromatic nitrogens is 1. The van der Waals surface area contributed by atoms with Gasteiger partial charge in [-0.3, -0.25) is 4.79 Å². The summed E-state index contributed by atoms with van der Waals surface area (Å²) >= 11 is 1.66. The van der Waals surface area contributed by atoms with Crippen LogP contribution in [0.5, 0.6) is 0 Å². The van der Waals surface area contributed by atoms with E-state index in [1.165, 1.54) is 0 Å². The van der Waals surface area contributed by atoms with Crippen molar-refractivity contribution in [1.82, 2.24) is 4.98 Å². The van der Waals surface area contributed by atoms with Crippen LogP contribution < -0.4 is 5.32 Å². The Hall–Kier alpha value is -2.14. The molecule has 1 heterocycles. The van der Waals surface area contributed by atoms with E-state index in [-0.39, 0.29) is 6.42 Å². The zero-order valence-corrected chi connectivity index (χ0v) is 14.1. The molecule has 0 saturated carbocycles. The summed E-state index contributed by atoms with van der Waals surface area (Å²) in [5.41, 5.74) is 3.26. The molecule has 0 aliphatic carbocycles. The van der Waals surface area contributed by atoms with Crippen LogP contribution in [-0.2, 0) is 11.2 Å². The van der Waals surface area contributed by atoms with Gasteiger partial charge in [0.15, 0.2) is 0 Å². The highest BCUT2D eigenvalue weighted by Gasteiger charge is 1.99. The molecule has 4 nitrogen and oxygen atoms in total. The number of hydrogen-bond donors (Lipinski definition) is 2.